The first kappa shape index (κ1) is 14.1. The van der Waals surface area contributed by atoms with Crippen molar-refractivity contribution in [2.24, 2.45) is 0 Å². The maximum absolute atomic E-state index is 12.1. The average molecular weight is 269 g/mol. The summed E-state index contributed by atoms with van der Waals surface area (Å²) in [6, 6.07) is 15.4. The van der Waals surface area contributed by atoms with Gasteiger partial charge in [-0.3, -0.25) is 4.79 Å². The van der Waals surface area contributed by atoms with E-state index in [0.29, 0.717) is 0 Å². The van der Waals surface area contributed by atoms with Gasteiger partial charge in [0.05, 0.1) is 0 Å². The van der Waals surface area contributed by atoms with Crippen LogP contribution in [0.4, 0.5) is 5.69 Å². The molecule has 0 radical (unpaired) electrons. The van der Waals surface area contributed by atoms with Gasteiger partial charge in [0.1, 0.15) is 5.75 Å². The van der Waals surface area contributed by atoms with E-state index >= 15 is 0 Å². The van der Waals surface area contributed by atoms with E-state index in [-0.39, 0.29) is 5.91 Å². The highest BCUT2D eigenvalue weighted by Gasteiger charge is 2.15. The average Bonchev–Trinajstić information content (AvgIpc) is 2.41. The van der Waals surface area contributed by atoms with Crippen LogP contribution in [0.15, 0.2) is 48.5 Å². The number of carbonyl (C=O) groups excluding carboxylic acids is 1. The summed E-state index contributed by atoms with van der Waals surface area (Å²) in [7, 11) is 0. The van der Waals surface area contributed by atoms with E-state index in [1.807, 2.05) is 62.4 Å². The summed E-state index contributed by atoms with van der Waals surface area (Å²) in [6.07, 6.45) is -0.545. The number of ether oxygens (including phenoxy) is 1. The number of hydrogen-bond acceptors (Lipinski definition) is 2. The highest BCUT2D eigenvalue weighted by molar-refractivity contribution is 5.94. The zero-order valence-electron chi connectivity index (χ0n) is 12.0. The van der Waals surface area contributed by atoms with Crippen LogP contribution in [0.5, 0.6) is 5.75 Å². The van der Waals surface area contributed by atoms with Crippen molar-refractivity contribution in [1.29, 1.82) is 0 Å². The number of hydrogen-bond donors (Lipinski definition) is 1. The Balaban J connectivity index is 2.01. The summed E-state index contributed by atoms with van der Waals surface area (Å²) < 4.78 is 5.70. The fraction of sp³-hybridized carbons (Fsp3) is 0.235. The molecule has 0 unspecified atom stereocenters. The number of carbonyl (C=O) groups is 1. The first-order valence-corrected chi connectivity index (χ1v) is 6.66. The highest BCUT2D eigenvalue weighted by Crippen LogP contribution is 2.18. The predicted molar refractivity (Wildman–Crippen MR) is 81.1 cm³/mol. The largest absolute Gasteiger partial charge is 0.481 e. The molecule has 3 nitrogen and oxygen atoms in total. The Morgan fingerprint density at radius 3 is 2.55 bits per heavy atom. The molecule has 1 amide bonds. The second-order valence-corrected chi connectivity index (χ2v) is 4.88. The molecular weight excluding hydrogens is 250 g/mol. The molecule has 0 aliphatic carbocycles. The molecule has 1 N–H and O–H groups in total. The summed E-state index contributed by atoms with van der Waals surface area (Å²) >= 11 is 0. The molecule has 2 aromatic carbocycles. The van der Waals surface area contributed by atoms with Gasteiger partial charge < -0.3 is 10.1 Å². The van der Waals surface area contributed by atoms with Crippen molar-refractivity contribution in [1.82, 2.24) is 0 Å². The lowest BCUT2D eigenvalue weighted by molar-refractivity contribution is -0.122. The van der Waals surface area contributed by atoms with Crippen molar-refractivity contribution in [2.75, 3.05) is 5.32 Å². The first-order chi connectivity index (χ1) is 9.56. The molecule has 0 fully saturated rings. The summed E-state index contributed by atoms with van der Waals surface area (Å²) in [4.78, 5) is 12.1. The van der Waals surface area contributed by atoms with Crippen molar-refractivity contribution in [3.63, 3.8) is 0 Å². The Morgan fingerprint density at radius 2 is 1.85 bits per heavy atom. The molecule has 0 aromatic heterocycles. The molecule has 104 valence electrons. The monoisotopic (exact) mass is 269 g/mol. The Morgan fingerprint density at radius 1 is 1.10 bits per heavy atom. The lowest BCUT2D eigenvalue weighted by Crippen LogP contribution is -2.30. The Labute approximate surface area is 119 Å². The lowest BCUT2D eigenvalue weighted by Gasteiger charge is -2.16. The number of anilines is 1. The predicted octanol–water partition coefficient (Wildman–Crippen LogP) is 3.71. The smallest absolute Gasteiger partial charge is 0.265 e. The molecule has 0 bridgehead atoms. The van der Waals surface area contributed by atoms with Gasteiger partial charge in [-0.2, -0.15) is 0 Å². The highest BCUT2D eigenvalue weighted by atomic mass is 16.5. The molecule has 2 rings (SSSR count). The van der Waals surface area contributed by atoms with Crippen LogP contribution in [0, 0.1) is 13.8 Å². The molecule has 0 heterocycles. The Bertz CT molecular complexity index is 607. The van der Waals surface area contributed by atoms with E-state index < -0.39 is 6.10 Å². The van der Waals surface area contributed by atoms with Crippen LogP contribution in [-0.2, 0) is 4.79 Å². The van der Waals surface area contributed by atoms with Crippen molar-refractivity contribution in [2.45, 2.75) is 26.9 Å². The van der Waals surface area contributed by atoms with Crippen molar-refractivity contribution in [3.05, 3.63) is 59.7 Å². The molecular formula is C17H19NO2. The van der Waals surface area contributed by atoms with Crippen molar-refractivity contribution >= 4 is 11.6 Å². The first-order valence-electron chi connectivity index (χ1n) is 6.66. The van der Waals surface area contributed by atoms with Gasteiger partial charge in [0, 0.05) is 5.69 Å². The molecule has 3 heteroatoms. The molecule has 0 saturated carbocycles. The molecule has 0 aliphatic rings. The number of rotatable bonds is 4. The zero-order valence-corrected chi connectivity index (χ0v) is 12.0. The standard InChI is InChI=1S/C17H19NO2/c1-12-7-6-9-15(11-12)18-17(19)14(3)20-16-10-5-4-8-13(16)2/h4-11,14H,1-3H3,(H,18,19)/t14-/m1/s1. The summed E-state index contributed by atoms with van der Waals surface area (Å²) in [5, 5.41) is 2.86. The normalized spacial score (nSPS) is 11.8. The summed E-state index contributed by atoms with van der Waals surface area (Å²) in [5.74, 6) is 0.582. The van der Waals surface area contributed by atoms with Gasteiger partial charge in [0.25, 0.3) is 5.91 Å². The molecule has 2 aromatic rings. The van der Waals surface area contributed by atoms with Gasteiger partial charge in [-0.1, -0.05) is 30.3 Å². The van der Waals surface area contributed by atoms with Crippen LogP contribution >= 0.6 is 0 Å². The third-order valence-corrected chi connectivity index (χ3v) is 3.05. The molecule has 1 atom stereocenters. The summed E-state index contributed by atoms with van der Waals surface area (Å²) in [6.45, 7) is 5.70. The second-order valence-electron chi connectivity index (χ2n) is 4.88. The second kappa shape index (κ2) is 6.24. The van der Waals surface area contributed by atoms with Crippen LogP contribution in [-0.4, -0.2) is 12.0 Å². The van der Waals surface area contributed by atoms with Gasteiger partial charge in [0.2, 0.25) is 0 Å². The van der Waals surface area contributed by atoms with Crippen molar-refractivity contribution < 1.29 is 9.53 Å². The number of benzene rings is 2. The molecule has 0 saturated heterocycles. The quantitative estimate of drug-likeness (QED) is 0.919. The third kappa shape index (κ3) is 3.60. The van der Waals surface area contributed by atoms with Gasteiger partial charge in [-0.25, -0.2) is 0 Å². The Kier molecular flexibility index (Phi) is 4.41. The van der Waals surface area contributed by atoms with E-state index in [4.69, 9.17) is 4.74 Å². The van der Waals surface area contributed by atoms with E-state index in [1.165, 1.54) is 0 Å². The SMILES string of the molecule is Cc1cccc(NC(=O)[C@@H](C)Oc2ccccc2C)c1. The minimum Gasteiger partial charge on any atom is -0.481 e. The van der Waals surface area contributed by atoms with Crippen LogP contribution in [0.2, 0.25) is 0 Å². The zero-order chi connectivity index (χ0) is 14.5. The maximum atomic E-state index is 12.1. The Hall–Kier alpha value is -2.29. The van der Waals surface area contributed by atoms with E-state index in [9.17, 15) is 4.79 Å². The van der Waals surface area contributed by atoms with Crippen molar-refractivity contribution in [3.8, 4) is 5.75 Å². The lowest BCUT2D eigenvalue weighted by atomic mass is 10.2. The fourth-order valence-corrected chi connectivity index (χ4v) is 1.90. The van der Waals surface area contributed by atoms with Crippen LogP contribution in [0.1, 0.15) is 18.1 Å². The molecule has 0 aliphatic heterocycles. The molecule has 20 heavy (non-hydrogen) atoms. The van der Waals surface area contributed by atoms with Gasteiger partial charge in [0.15, 0.2) is 6.10 Å². The minimum atomic E-state index is -0.545. The van der Waals surface area contributed by atoms with Crippen LogP contribution < -0.4 is 10.1 Å². The number of amides is 1. The van der Waals surface area contributed by atoms with Gasteiger partial charge in [-0.15, -0.1) is 0 Å². The third-order valence-electron chi connectivity index (χ3n) is 3.05. The van der Waals surface area contributed by atoms with E-state index in [1.54, 1.807) is 6.92 Å². The van der Waals surface area contributed by atoms with Crippen LogP contribution in [0.25, 0.3) is 0 Å². The summed E-state index contributed by atoms with van der Waals surface area (Å²) in [5.41, 5.74) is 2.91. The maximum Gasteiger partial charge on any atom is 0.265 e. The van der Waals surface area contributed by atoms with Crippen LogP contribution in [0.3, 0.4) is 0 Å². The number of aryl methyl sites for hydroxylation is 2. The van der Waals surface area contributed by atoms with Gasteiger partial charge >= 0.3 is 0 Å². The number of para-hydroxylation sites is 1. The minimum absolute atomic E-state index is 0.154. The van der Waals surface area contributed by atoms with E-state index in [2.05, 4.69) is 5.32 Å². The topological polar surface area (TPSA) is 38.3 Å². The van der Waals surface area contributed by atoms with Gasteiger partial charge in [-0.05, 0) is 50.1 Å². The molecule has 0 spiro atoms. The fourth-order valence-electron chi connectivity index (χ4n) is 1.90. The number of nitrogens with one attached hydrogen (secondary N) is 1. The van der Waals surface area contributed by atoms with E-state index in [0.717, 1.165) is 22.6 Å².